The number of fused-ring (bicyclic) bond motifs is 1. The van der Waals surface area contributed by atoms with Crippen LogP contribution in [-0.4, -0.2) is 43.4 Å². The van der Waals surface area contributed by atoms with E-state index in [4.69, 9.17) is 4.74 Å². The minimum atomic E-state index is -0.311. The zero-order valence-electron chi connectivity index (χ0n) is 17.5. The Hall–Kier alpha value is -3.52. The van der Waals surface area contributed by atoms with E-state index in [1.54, 1.807) is 28.9 Å². The summed E-state index contributed by atoms with van der Waals surface area (Å²) in [5.41, 5.74) is 1.79. The number of aromatic amines is 1. The number of benzene rings is 1. The Morgan fingerprint density at radius 2 is 1.84 bits per heavy atom. The number of ether oxygens (including phenoxy) is 1. The van der Waals surface area contributed by atoms with Crippen LogP contribution >= 0.6 is 0 Å². The fraction of sp³-hybridized carbons (Fsp3) is 0.261. The molecule has 1 aliphatic heterocycles. The lowest BCUT2D eigenvalue weighted by Gasteiger charge is -2.38. The van der Waals surface area contributed by atoms with E-state index in [1.165, 1.54) is 18.3 Å². The summed E-state index contributed by atoms with van der Waals surface area (Å²) in [6.45, 7) is 6.15. The number of H-pyrrole nitrogens is 1. The molecule has 0 bridgehead atoms. The first kappa shape index (κ1) is 20.7. The van der Waals surface area contributed by atoms with Gasteiger partial charge in [0, 0.05) is 49.5 Å². The van der Waals surface area contributed by atoms with E-state index in [0.717, 1.165) is 30.1 Å². The highest BCUT2D eigenvalue weighted by atomic mass is 19.1. The molecule has 160 valence electrons. The predicted molar refractivity (Wildman–Crippen MR) is 116 cm³/mol. The third-order valence-corrected chi connectivity index (χ3v) is 4.96. The molecule has 1 N–H and O–H groups in total. The molecule has 4 aromatic rings. The molecule has 0 amide bonds. The summed E-state index contributed by atoms with van der Waals surface area (Å²) in [4.78, 5) is 25.9. The van der Waals surface area contributed by atoms with Crippen molar-refractivity contribution in [2.45, 2.75) is 26.5 Å². The van der Waals surface area contributed by atoms with E-state index in [9.17, 15) is 9.18 Å². The average Bonchev–Trinajstić information content (AvgIpc) is 3.19. The normalized spacial score (nSPS) is 14.0. The van der Waals surface area contributed by atoms with E-state index < -0.39 is 0 Å². The van der Waals surface area contributed by atoms with Gasteiger partial charge >= 0.3 is 0 Å². The van der Waals surface area contributed by atoms with Gasteiger partial charge in [-0.3, -0.25) is 19.1 Å². The first-order valence-electron chi connectivity index (χ1n) is 10.3. The molecule has 0 spiro atoms. The van der Waals surface area contributed by atoms with Crippen molar-refractivity contribution in [3.05, 3.63) is 83.1 Å². The lowest BCUT2D eigenvalue weighted by atomic mass is 10.1. The van der Waals surface area contributed by atoms with Gasteiger partial charge in [0.05, 0.1) is 6.20 Å². The summed E-state index contributed by atoms with van der Waals surface area (Å²) in [6, 6.07) is 9.75. The maximum Gasteiger partial charge on any atom is 0.274 e. The topological polar surface area (TPSA) is 75.5 Å². The number of pyridine rings is 1. The quantitative estimate of drug-likeness (QED) is 0.534. The van der Waals surface area contributed by atoms with Crippen molar-refractivity contribution in [3.63, 3.8) is 0 Å². The summed E-state index contributed by atoms with van der Waals surface area (Å²) < 4.78 is 20.9. The first-order valence-corrected chi connectivity index (χ1v) is 10.3. The number of hydrogen-bond acceptors (Lipinski definition) is 5. The molecule has 8 heteroatoms. The zero-order chi connectivity index (χ0) is 21.8. The van der Waals surface area contributed by atoms with E-state index in [2.05, 4.69) is 19.9 Å². The van der Waals surface area contributed by atoms with Gasteiger partial charge in [-0.15, -0.1) is 0 Å². The number of likely N-dealkylation sites (tertiary alicyclic amines) is 1. The van der Waals surface area contributed by atoms with Crippen LogP contribution in [0, 0.1) is 5.82 Å². The van der Waals surface area contributed by atoms with Crippen LogP contribution in [0.5, 0.6) is 5.75 Å². The van der Waals surface area contributed by atoms with Crippen LogP contribution in [0.4, 0.5) is 4.39 Å². The van der Waals surface area contributed by atoms with Gasteiger partial charge < -0.3 is 9.72 Å². The Morgan fingerprint density at radius 1 is 1.13 bits per heavy atom. The average molecular weight is 421 g/mol. The van der Waals surface area contributed by atoms with Gasteiger partial charge in [-0.05, 0) is 36.4 Å². The largest absolute Gasteiger partial charge is 0.488 e. The van der Waals surface area contributed by atoms with Gasteiger partial charge in [0.1, 0.15) is 29.0 Å². The van der Waals surface area contributed by atoms with Crippen LogP contribution in [0.2, 0.25) is 0 Å². The van der Waals surface area contributed by atoms with Crippen molar-refractivity contribution in [1.29, 1.82) is 0 Å². The molecule has 4 heterocycles. The lowest BCUT2D eigenvalue weighted by molar-refractivity contribution is 0.0137. The van der Waals surface area contributed by atoms with Gasteiger partial charge in [-0.1, -0.05) is 13.8 Å². The number of nitrogens with zero attached hydrogens (tertiary/aromatic N) is 4. The van der Waals surface area contributed by atoms with E-state index >= 15 is 0 Å². The van der Waals surface area contributed by atoms with E-state index in [1.807, 2.05) is 32.2 Å². The second-order valence-corrected chi connectivity index (χ2v) is 7.07. The van der Waals surface area contributed by atoms with E-state index in [-0.39, 0.29) is 17.5 Å². The second kappa shape index (κ2) is 9.09. The Kier molecular flexibility index (Phi) is 6.08. The number of nitrogens with one attached hydrogen (secondary N) is 1. The maximum atomic E-state index is 13.2. The molecule has 0 radical (unpaired) electrons. The highest BCUT2D eigenvalue weighted by molar-refractivity contribution is 5.61. The minimum Gasteiger partial charge on any atom is -0.488 e. The monoisotopic (exact) mass is 421 g/mol. The van der Waals surface area contributed by atoms with Crippen molar-refractivity contribution < 1.29 is 9.13 Å². The fourth-order valence-corrected chi connectivity index (χ4v) is 3.53. The molecule has 1 saturated heterocycles. The summed E-state index contributed by atoms with van der Waals surface area (Å²) in [6.07, 6.45) is 6.93. The lowest BCUT2D eigenvalue weighted by Crippen LogP contribution is -2.53. The minimum absolute atomic E-state index is 0.121. The molecule has 0 unspecified atom stereocenters. The van der Waals surface area contributed by atoms with Crippen LogP contribution < -0.4 is 10.3 Å². The SMILES string of the molecule is CC.O=c1[nH]c(CN2CC(Oc3ccncc3)C2)cn2c(-c3ccc(F)cc3)ncc12. The Bertz CT molecular complexity index is 1200. The molecule has 0 saturated carbocycles. The molecule has 0 aliphatic carbocycles. The smallest absolute Gasteiger partial charge is 0.274 e. The number of imidazole rings is 1. The van der Waals surface area contributed by atoms with Crippen LogP contribution in [-0.2, 0) is 6.54 Å². The molecule has 3 aromatic heterocycles. The Balaban J connectivity index is 0.00000112. The van der Waals surface area contributed by atoms with Gasteiger partial charge in [-0.25, -0.2) is 9.37 Å². The fourth-order valence-electron chi connectivity index (χ4n) is 3.53. The first-order chi connectivity index (χ1) is 15.2. The van der Waals surface area contributed by atoms with Crippen molar-refractivity contribution in [1.82, 2.24) is 24.3 Å². The Labute approximate surface area is 179 Å². The Morgan fingerprint density at radius 3 is 2.55 bits per heavy atom. The molecule has 7 nitrogen and oxygen atoms in total. The molecule has 31 heavy (non-hydrogen) atoms. The molecule has 5 rings (SSSR count). The highest BCUT2D eigenvalue weighted by Crippen LogP contribution is 2.21. The molecular weight excluding hydrogens is 397 g/mol. The van der Waals surface area contributed by atoms with Gasteiger partial charge in [-0.2, -0.15) is 0 Å². The number of hydrogen-bond donors (Lipinski definition) is 1. The van der Waals surface area contributed by atoms with Crippen LogP contribution in [0.15, 0.2) is 66.0 Å². The van der Waals surface area contributed by atoms with Crippen molar-refractivity contribution in [3.8, 4) is 17.1 Å². The summed E-state index contributed by atoms with van der Waals surface area (Å²) in [7, 11) is 0. The van der Waals surface area contributed by atoms with Gasteiger partial charge in [0.25, 0.3) is 5.56 Å². The van der Waals surface area contributed by atoms with Crippen molar-refractivity contribution in [2.24, 2.45) is 0 Å². The molecule has 0 atom stereocenters. The van der Waals surface area contributed by atoms with E-state index in [0.29, 0.717) is 17.9 Å². The zero-order valence-corrected chi connectivity index (χ0v) is 17.5. The van der Waals surface area contributed by atoms with Crippen LogP contribution in [0.25, 0.3) is 16.9 Å². The molecule has 1 aliphatic rings. The third kappa shape index (κ3) is 4.49. The van der Waals surface area contributed by atoms with Crippen LogP contribution in [0.1, 0.15) is 19.5 Å². The summed E-state index contributed by atoms with van der Waals surface area (Å²) >= 11 is 0. The third-order valence-electron chi connectivity index (χ3n) is 4.96. The number of rotatable bonds is 5. The maximum absolute atomic E-state index is 13.2. The highest BCUT2D eigenvalue weighted by Gasteiger charge is 2.28. The molecule has 1 fully saturated rings. The predicted octanol–water partition coefficient (Wildman–Crippen LogP) is 3.51. The number of aromatic nitrogens is 4. The van der Waals surface area contributed by atoms with Crippen LogP contribution in [0.3, 0.4) is 0 Å². The van der Waals surface area contributed by atoms with Gasteiger partial charge in [0.15, 0.2) is 0 Å². The molecular formula is C23H24FN5O2. The summed E-state index contributed by atoms with van der Waals surface area (Å²) in [5.74, 6) is 1.10. The molecule has 1 aromatic carbocycles. The number of halogens is 1. The van der Waals surface area contributed by atoms with Crippen molar-refractivity contribution in [2.75, 3.05) is 13.1 Å². The second-order valence-electron chi connectivity index (χ2n) is 7.07. The summed E-state index contributed by atoms with van der Waals surface area (Å²) in [5, 5.41) is 0. The van der Waals surface area contributed by atoms with Crippen molar-refractivity contribution >= 4 is 5.52 Å². The van der Waals surface area contributed by atoms with Gasteiger partial charge in [0.2, 0.25) is 0 Å². The standard InChI is InChI=1S/C21H18FN5O2.C2H6/c22-15-3-1-14(2-4-15)20-24-9-19-21(28)25-16(11-27(19)20)10-26-12-18(13-26)29-17-5-7-23-8-6-17;1-2/h1-9,11,18H,10,12-13H2,(H,25,28);1-2H3.